The van der Waals surface area contributed by atoms with Crippen molar-refractivity contribution >= 4 is 21.5 Å². The van der Waals surface area contributed by atoms with E-state index in [0.29, 0.717) is 24.3 Å². The van der Waals surface area contributed by atoms with Crippen molar-refractivity contribution in [1.29, 1.82) is 5.41 Å². The maximum atomic E-state index is 11.9. The zero-order valence-corrected chi connectivity index (χ0v) is 11.9. The number of sulfonamides is 1. The van der Waals surface area contributed by atoms with Gasteiger partial charge in [-0.1, -0.05) is 12.1 Å². The van der Waals surface area contributed by atoms with Crippen molar-refractivity contribution < 1.29 is 13.2 Å². The zero-order chi connectivity index (χ0) is 14.5. The Morgan fingerprint density at radius 2 is 2.16 bits per heavy atom. The van der Waals surface area contributed by atoms with Crippen LogP contribution in [0, 0.1) is 12.3 Å². The minimum Gasteiger partial charge on any atom is -0.385 e. The molecular weight excluding hydrogens is 266 g/mol. The average molecular weight is 285 g/mol. The number of aryl methyl sites for hydroxylation is 1. The molecule has 0 aliphatic rings. The van der Waals surface area contributed by atoms with Gasteiger partial charge in [-0.15, -0.1) is 0 Å². The standard InChI is InChI=1S/C12H19N3O3S/c1-9-5-3-6-10(11(9)12(13)14)15-19(16,17)8-4-7-18-2/h3,5-6,15H,4,7-8H2,1-2H3,(H3,13,14). The number of amidine groups is 1. The molecule has 19 heavy (non-hydrogen) atoms. The van der Waals surface area contributed by atoms with Crippen LogP contribution in [0.3, 0.4) is 0 Å². The number of benzene rings is 1. The Hall–Kier alpha value is -1.60. The minimum absolute atomic E-state index is 0.0356. The highest BCUT2D eigenvalue weighted by Gasteiger charge is 2.15. The summed E-state index contributed by atoms with van der Waals surface area (Å²) in [6.45, 7) is 2.16. The molecule has 0 unspecified atom stereocenters. The number of nitrogen functional groups attached to an aromatic ring is 1. The summed E-state index contributed by atoms with van der Waals surface area (Å²) in [5.41, 5.74) is 6.99. The van der Waals surface area contributed by atoms with Gasteiger partial charge in [-0.25, -0.2) is 8.42 Å². The molecule has 0 spiro atoms. The van der Waals surface area contributed by atoms with Crippen molar-refractivity contribution in [2.75, 3.05) is 24.2 Å². The van der Waals surface area contributed by atoms with Gasteiger partial charge in [0.05, 0.1) is 11.4 Å². The molecule has 0 bridgehead atoms. The van der Waals surface area contributed by atoms with Crippen LogP contribution in [0.4, 0.5) is 5.69 Å². The molecule has 1 aromatic carbocycles. The van der Waals surface area contributed by atoms with E-state index >= 15 is 0 Å². The maximum Gasteiger partial charge on any atom is 0.232 e. The molecule has 0 aliphatic heterocycles. The lowest BCUT2D eigenvalue weighted by atomic mass is 10.1. The van der Waals surface area contributed by atoms with Crippen LogP contribution in [-0.4, -0.2) is 33.7 Å². The third-order valence-corrected chi connectivity index (χ3v) is 3.93. The second-order valence-corrected chi connectivity index (χ2v) is 6.02. The molecule has 0 amide bonds. The van der Waals surface area contributed by atoms with E-state index in [4.69, 9.17) is 15.9 Å². The first kappa shape index (κ1) is 15.5. The first-order chi connectivity index (χ1) is 8.87. The van der Waals surface area contributed by atoms with Crippen molar-refractivity contribution in [3.05, 3.63) is 29.3 Å². The molecule has 0 aliphatic carbocycles. The molecule has 0 atom stereocenters. The van der Waals surface area contributed by atoms with Crippen molar-refractivity contribution in [2.45, 2.75) is 13.3 Å². The minimum atomic E-state index is -3.46. The molecule has 0 aromatic heterocycles. The third kappa shape index (κ3) is 4.53. The maximum absolute atomic E-state index is 11.9. The quantitative estimate of drug-likeness (QED) is 0.395. The fourth-order valence-electron chi connectivity index (χ4n) is 1.72. The highest BCUT2D eigenvalue weighted by molar-refractivity contribution is 7.92. The first-order valence-electron chi connectivity index (χ1n) is 5.81. The predicted molar refractivity (Wildman–Crippen MR) is 76.1 cm³/mol. The van der Waals surface area contributed by atoms with E-state index in [-0.39, 0.29) is 11.6 Å². The fraction of sp³-hybridized carbons (Fsp3) is 0.417. The summed E-state index contributed by atoms with van der Waals surface area (Å²) >= 11 is 0. The molecule has 0 saturated heterocycles. The van der Waals surface area contributed by atoms with Crippen LogP contribution >= 0.6 is 0 Å². The molecule has 0 saturated carbocycles. The lowest BCUT2D eigenvalue weighted by Crippen LogP contribution is -2.22. The Balaban J connectivity index is 2.93. The van der Waals surface area contributed by atoms with E-state index in [1.165, 1.54) is 7.11 Å². The second-order valence-electron chi connectivity index (χ2n) is 4.18. The Bertz CT molecular complexity index is 555. The highest BCUT2D eigenvalue weighted by Crippen LogP contribution is 2.20. The SMILES string of the molecule is COCCCS(=O)(=O)Nc1cccc(C)c1C(=N)N. The van der Waals surface area contributed by atoms with E-state index in [1.54, 1.807) is 25.1 Å². The molecule has 0 fully saturated rings. The van der Waals surface area contributed by atoms with Gasteiger partial charge in [-0.05, 0) is 25.0 Å². The zero-order valence-electron chi connectivity index (χ0n) is 11.1. The van der Waals surface area contributed by atoms with E-state index < -0.39 is 10.0 Å². The van der Waals surface area contributed by atoms with Crippen molar-refractivity contribution in [1.82, 2.24) is 0 Å². The largest absolute Gasteiger partial charge is 0.385 e. The topological polar surface area (TPSA) is 105 Å². The Kier molecular flexibility index (Phi) is 5.31. The molecule has 4 N–H and O–H groups in total. The average Bonchev–Trinajstić information content (AvgIpc) is 2.27. The number of anilines is 1. The summed E-state index contributed by atoms with van der Waals surface area (Å²) in [7, 11) is -1.94. The fourth-order valence-corrected chi connectivity index (χ4v) is 2.83. The van der Waals surface area contributed by atoms with E-state index in [9.17, 15) is 8.42 Å². The van der Waals surface area contributed by atoms with Crippen LogP contribution in [0.5, 0.6) is 0 Å². The lowest BCUT2D eigenvalue weighted by Gasteiger charge is -2.13. The Morgan fingerprint density at radius 3 is 2.74 bits per heavy atom. The van der Waals surface area contributed by atoms with Gasteiger partial charge >= 0.3 is 0 Å². The highest BCUT2D eigenvalue weighted by atomic mass is 32.2. The van der Waals surface area contributed by atoms with E-state index in [1.807, 2.05) is 0 Å². The molecule has 106 valence electrons. The predicted octanol–water partition coefficient (Wildman–Crippen LogP) is 1.06. The molecular formula is C12H19N3O3S. The number of nitrogens with two attached hydrogens (primary N) is 1. The molecule has 7 heteroatoms. The monoisotopic (exact) mass is 285 g/mol. The summed E-state index contributed by atoms with van der Waals surface area (Å²) in [6, 6.07) is 5.09. The Labute approximate surface area is 113 Å². The van der Waals surface area contributed by atoms with Gasteiger partial charge in [0.15, 0.2) is 0 Å². The van der Waals surface area contributed by atoms with Gasteiger partial charge in [-0.3, -0.25) is 10.1 Å². The lowest BCUT2D eigenvalue weighted by molar-refractivity contribution is 0.199. The van der Waals surface area contributed by atoms with Crippen molar-refractivity contribution in [3.63, 3.8) is 0 Å². The number of ether oxygens (including phenoxy) is 1. The molecule has 1 aromatic rings. The van der Waals surface area contributed by atoms with Crippen LogP contribution in [0.2, 0.25) is 0 Å². The van der Waals surface area contributed by atoms with Crippen molar-refractivity contribution in [3.8, 4) is 0 Å². The first-order valence-corrected chi connectivity index (χ1v) is 7.46. The van der Waals surface area contributed by atoms with Crippen LogP contribution in [0.15, 0.2) is 18.2 Å². The summed E-state index contributed by atoms with van der Waals surface area (Å²) in [6.07, 6.45) is 0.410. The number of hydrogen-bond donors (Lipinski definition) is 3. The summed E-state index contributed by atoms with van der Waals surface area (Å²) in [5.74, 6) is -0.195. The molecule has 6 nitrogen and oxygen atoms in total. The number of hydrogen-bond acceptors (Lipinski definition) is 4. The number of nitrogens with one attached hydrogen (secondary N) is 2. The molecule has 0 radical (unpaired) electrons. The van der Waals surface area contributed by atoms with E-state index in [2.05, 4.69) is 4.72 Å². The van der Waals surface area contributed by atoms with Gasteiger partial charge in [0.25, 0.3) is 0 Å². The Morgan fingerprint density at radius 1 is 1.47 bits per heavy atom. The summed E-state index contributed by atoms with van der Waals surface area (Å²) in [4.78, 5) is 0. The van der Waals surface area contributed by atoms with E-state index in [0.717, 1.165) is 5.56 Å². The van der Waals surface area contributed by atoms with Gasteiger partial charge in [-0.2, -0.15) is 0 Å². The van der Waals surface area contributed by atoms with Gasteiger partial charge in [0, 0.05) is 19.3 Å². The van der Waals surface area contributed by atoms with Gasteiger partial charge < -0.3 is 10.5 Å². The van der Waals surface area contributed by atoms with Crippen LogP contribution in [0.25, 0.3) is 0 Å². The van der Waals surface area contributed by atoms with Crippen molar-refractivity contribution in [2.24, 2.45) is 5.73 Å². The smallest absolute Gasteiger partial charge is 0.232 e. The molecule has 1 rings (SSSR count). The van der Waals surface area contributed by atoms with Gasteiger partial charge in [0.2, 0.25) is 10.0 Å². The second kappa shape index (κ2) is 6.53. The van der Waals surface area contributed by atoms with Crippen LogP contribution in [-0.2, 0) is 14.8 Å². The number of rotatable bonds is 7. The number of methoxy groups -OCH3 is 1. The van der Waals surface area contributed by atoms with Crippen LogP contribution in [0.1, 0.15) is 17.5 Å². The van der Waals surface area contributed by atoms with Crippen LogP contribution < -0.4 is 10.5 Å². The molecule has 0 heterocycles. The normalized spacial score (nSPS) is 11.3. The summed E-state index contributed by atoms with van der Waals surface area (Å²) in [5, 5.41) is 7.52. The van der Waals surface area contributed by atoms with Gasteiger partial charge in [0.1, 0.15) is 5.84 Å². The third-order valence-electron chi connectivity index (χ3n) is 2.57. The summed E-state index contributed by atoms with van der Waals surface area (Å²) < 4.78 is 31.1.